The average molecular weight is 403 g/mol. The predicted octanol–water partition coefficient (Wildman–Crippen LogP) is 4.76. The molecule has 0 amide bonds. The van der Waals surface area contributed by atoms with Gasteiger partial charge in [0.1, 0.15) is 11.5 Å². The first-order valence-corrected chi connectivity index (χ1v) is 9.41. The summed E-state index contributed by atoms with van der Waals surface area (Å²) in [5.41, 5.74) is 4.43. The second-order valence-corrected chi connectivity index (χ2v) is 7.37. The summed E-state index contributed by atoms with van der Waals surface area (Å²) in [5, 5.41) is 3.52. The third-order valence-electron chi connectivity index (χ3n) is 4.41. The Balaban J connectivity index is 0.00000210. The molecule has 0 fully saturated rings. The van der Waals surface area contributed by atoms with Crippen LogP contribution < -0.4 is 10.2 Å². The van der Waals surface area contributed by atoms with E-state index in [9.17, 15) is 0 Å². The number of ether oxygens (including phenoxy) is 1. The lowest BCUT2D eigenvalue weighted by molar-refractivity contribution is 0.210. The van der Waals surface area contributed by atoms with Crippen molar-refractivity contribution < 1.29 is 4.74 Å². The molecule has 0 aliphatic rings. The highest BCUT2D eigenvalue weighted by molar-refractivity contribution is 7.23. The molecule has 0 radical (unpaired) electrons. The molecule has 0 atom stereocenters. The molecule has 1 N–H and O–H groups in total. The molecule has 0 saturated carbocycles. The molecule has 142 valence electrons. The van der Waals surface area contributed by atoms with Crippen LogP contribution in [0.15, 0.2) is 48.5 Å². The molecule has 0 aliphatic carbocycles. The van der Waals surface area contributed by atoms with Crippen molar-refractivity contribution in [3.05, 3.63) is 48.5 Å². The van der Waals surface area contributed by atoms with Gasteiger partial charge in [-0.3, -0.25) is 4.40 Å². The quantitative estimate of drug-likeness (QED) is 0.472. The van der Waals surface area contributed by atoms with Crippen molar-refractivity contribution in [2.45, 2.75) is 0 Å². The van der Waals surface area contributed by atoms with E-state index in [2.05, 4.69) is 63.1 Å². The number of thiazole rings is 1. The van der Waals surface area contributed by atoms with E-state index in [4.69, 9.17) is 9.72 Å². The molecule has 2 heterocycles. The second-order valence-electron chi connectivity index (χ2n) is 6.36. The summed E-state index contributed by atoms with van der Waals surface area (Å²) in [6.07, 6.45) is 0. The molecule has 5 nitrogen and oxygen atoms in total. The zero-order valence-corrected chi connectivity index (χ0v) is 17.2. The Bertz CT molecular complexity index is 1040. The van der Waals surface area contributed by atoms with Crippen molar-refractivity contribution in [1.29, 1.82) is 0 Å². The summed E-state index contributed by atoms with van der Waals surface area (Å²) in [6, 6.07) is 16.9. The molecule has 0 bridgehead atoms. The van der Waals surface area contributed by atoms with Crippen LogP contribution >= 0.6 is 23.7 Å². The molecule has 2 aromatic heterocycles. The van der Waals surface area contributed by atoms with Crippen molar-refractivity contribution in [2.24, 2.45) is 0 Å². The minimum absolute atomic E-state index is 0. The maximum absolute atomic E-state index is 5.21. The van der Waals surface area contributed by atoms with Crippen molar-refractivity contribution in [3.63, 3.8) is 0 Å². The van der Waals surface area contributed by atoms with Gasteiger partial charge in [-0.15, -0.1) is 12.4 Å². The van der Waals surface area contributed by atoms with E-state index < -0.39 is 0 Å². The van der Waals surface area contributed by atoms with Crippen LogP contribution in [0, 0.1) is 0 Å². The number of rotatable bonds is 6. The Morgan fingerprint density at radius 3 is 2.56 bits per heavy atom. The van der Waals surface area contributed by atoms with Crippen LogP contribution in [0.25, 0.3) is 26.4 Å². The van der Waals surface area contributed by atoms with Gasteiger partial charge in [0.25, 0.3) is 0 Å². The molecule has 7 heteroatoms. The number of nitrogens with zero attached hydrogens (tertiary/aromatic N) is 3. The Morgan fingerprint density at radius 2 is 1.85 bits per heavy atom. The first kappa shape index (κ1) is 19.5. The maximum Gasteiger partial charge on any atom is 0.197 e. The number of hydrogen-bond donors (Lipinski definition) is 1. The van der Waals surface area contributed by atoms with Gasteiger partial charge >= 0.3 is 0 Å². The van der Waals surface area contributed by atoms with E-state index in [-0.39, 0.29) is 12.4 Å². The summed E-state index contributed by atoms with van der Waals surface area (Å²) >= 11 is 1.71. The van der Waals surface area contributed by atoms with Gasteiger partial charge in [0.2, 0.25) is 0 Å². The molecule has 4 rings (SSSR count). The Kier molecular flexibility index (Phi) is 5.89. The van der Waals surface area contributed by atoms with Crippen LogP contribution in [0.1, 0.15) is 0 Å². The number of nitrogens with one attached hydrogen (secondary N) is 1. The van der Waals surface area contributed by atoms with Crippen LogP contribution in [-0.2, 0) is 4.74 Å². The van der Waals surface area contributed by atoms with Gasteiger partial charge in [-0.1, -0.05) is 35.6 Å². The standard InChI is InChI=1S/C20H22N4OS.ClH/c1-23(2)15-10-8-14(9-11-15)18-19(21-12-13-25-3)24-16-6-4-5-7-17(16)26-20(24)22-18;/h4-11,21H,12-13H2,1-3H3;1H. The summed E-state index contributed by atoms with van der Waals surface area (Å²) in [6.45, 7) is 1.38. The van der Waals surface area contributed by atoms with Crippen molar-refractivity contribution in [3.8, 4) is 11.3 Å². The van der Waals surface area contributed by atoms with Crippen LogP contribution in [0.2, 0.25) is 0 Å². The predicted molar refractivity (Wildman–Crippen MR) is 118 cm³/mol. The molecular formula is C20H23ClN4OS. The normalized spacial score (nSPS) is 10.9. The first-order chi connectivity index (χ1) is 12.7. The number of fused-ring (bicyclic) bond motifs is 3. The number of aromatic nitrogens is 2. The van der Waals surface area contributed by atoms with Gasteiger partial charge in [-0.25, -0.2) is 4.98 Å². The number of methoxy groups -OCH3 is 1. The first-order valence-electron chi connectivity index (χ1n) is 8.59. The Labute approximate surface area is 169 Å². The van der Waals surface area contributed by atoms with E-state index in [1.54, 1.807) is 18.4 Å². The SMILES string of the molecule is COCCNc1c(-c2ccc(N(C)C)cc2)nc2sc3ccccc3n12.Cl. The number of anilines is 2. The fraction of sp³-hybridized carbons (Fsp3) is 0.250. The van der Waals surface area contributed by atoms with E-state index in [0.717, 1.165) is 28.6 Å². The number of benzene rings is 2. The lowest BCUT2D eigenvalue weighted by atomic mass is 10.1. The number of hydrogen-bond acceptors (Lipinski definition) is 5. The summed E-state index contributed by atoms with van der Waals surface area (Å²) < 4.78 is 8.66. The third-order valence-corrected chi connectivity index (χ3v) is 5.43. The lowest BCUT2D eigenvalue weighted by Crippen LogP contribution is -2.10. The number of halogens is 1. The molecule has 0 saturated heterocycles. The van der Waals surface area contributed by atoms with Gasteiger partial charge in [0.05, 0.1) is 16.8 Å². The fourth-order valence-corrected chi connectivity index (χ4v) is 4.10. The van der Waals surface area contributed by atoms with Crippen molar-refractivity contribution in [1.82, 2.24) is 9.38 Å². The van der Waals surface area contributed by atoms with E-state index >= 15 is 0 Å². The van der Waals surface area contributed by atoms with Gasteiger partial charge in [-0.05, 0) is 24.3 Å². The lowest BCUT2D eigenvalue weighted by Gasteiger charge is -2.13. The van der Waals surface area contributed by atoms with Crippen molar-refractivity contribution >= 4 is 50.4 Å². The molecule has 0 unspecified atom stereocenters. The van der Waals surface area contributed by atoms with Gasteiger partial charge in [0.15, 0.2) is 4.96 Å². The van der Waals surface area contributed by atoms with Gasteiger partial charge in [0, 0.05) is 39.0 Å². The summed E-state index contributed by atoms with van der Waals surface area (Å²) in [5.74, 6) is 1.02. The van der Waals surface area contributed by atoms with Crippen molar-refractivity contribution in [2.75, 3.05) is 44.6 Å². The molecule has 0 spiro atoms. The zero-order chi connectivity index (χ0) is 18.1. The molecule has 2 aromatic carbocycles. The number of para-hydroxylation sites is 1. The highest BCUT2D eigenvalue weighted by Gasteiger charge is 2.18. The van der Waals surface area contributed by atoms with Gasteiger partial charge < -0.3 is 15.0 Å². The topological polar surface area (TPSA) is 41.8 Å². The van der Waals surface area contributed by atoms with Crippen LogP contribution in [0.5, 0.6) is 0 Å². The Hall–Kier alpha value is -2.28. The van der Waals surface area contributed by atoms with Crippen LogP contribution in [-0.4, -0.2) is 43.7 Å². The average Bonchev–Trinajstić information content (AvgIpc) is 3.18. The minimum atomic E-state index is 0. The molecular weight excluding hydrogens is 380 g/mol. The van der Waals surface area contributed by atoms with Crippen LogP contribution in [0.3, 0.4) is 0 Å². The van der Waals surface area contributed by atoms with E-state index in [1.165, 1.54) is 15.9 Å². The van der Waals surface area contributed by atoms with E-state index in [1.807, 2.05) is 14.1 Å². The largest absolute Gasteiger partial charge is 0.383 e. The highest BCUT2D eigenvalue weighted by atomic mass is 35.5. The fourth-order valence-electron chi connectivity index (χ4n) is 3.07. The molecule has 27 heavy (non-hydrogen) atoms. The third kappa shape index (κ3) is 3.60. The minimum Gasteiger partial charge on any atom is -0.383 e. The maximum atomic E-state index is 5.21. The van der Waals surface area contributed by atoms with E-state index in [0.29, 0.717) is 6.61 Å². The monoisotopic (exact) mass is 402 g/mol. The Morgan fingerprint density at radius 1 is 1.11 bits per heavy atom. The molecule has 4 aromatic rings. The summed E-state index contributed by atoms with van der Waals surface area (Å²) in [4.78, 5) is 8.03. The molecule has 0 aliphatic heterocycles. The highest BCUT2D eigenvalue weighted by Crippen LogP contribution is 2.36. The van der Waals surface area contributed by atoms with Crippen LogP contribution in [0.4, 0.5) is 11.5 Å². The summed E-state index contributed by atoms with van der Waals surface area (Å²) in [7, 11) is 5.81. The smallest absolute Gasteiger partial charge is 0.197 e. The zero-order valence-electron chi connectivity index (χ0n) is 15.6. The second kappa shape index (κ2) is 8.17. The number of imidazole rings is 1. The van der Waals surface area contributed by atoms with Gasteiger partial charge in [-0.2, -0.15) is 0 Å².